The first kappa shape index (κ1) is 20.8. The number of hydrogen-bond donors (Lipinski definition) is 1. The molecule has 0 bridgehead atoms. The van der Waals surface area contributed by atoms with E-state index in [-0.39, 0.29) is 6.54 Å². The predicted octanol–water partition coefficient (Wildman–Crippen LogP) is 2.31. The van der Waals surface area contributed by atoms with Crippen molar-refractivity contribution < 1.29 is 23.8 Å². The molecule has 31 heavy (non-hydrogen) atoms. The summed E-state index contributed by atoms with van der Waals surface area (Å²) in [6, 6.07) is 14.1. The number of rotatable bonds is 6. The Morgan fingerprint density at radius 2 is 1.94 bits per heavy atom. The maximum Gasteiger partial charge on any atom is 0.502 e. The van der Waals surface area contributed by atoms with Gasteiger partial charge in [0.25, 0.3) is 18.7 Å². The highest BCUT2D eigenvalue weighted by Gasteiger charge is 2.49. The van der Waals surface area contributed by atoms with Gasteiger partial charge in [-0.15, -0.1) is 0 Å². The number of carbonyl (C=O) groups excluding carboxylic acids is 3. The van der Waals surface area contributed by atoms with Crippen molar-refractivity contribution in [2.45, 2.75) is 13.2 Å². The molecule has 0 aromatic heterocycles. The second-order valence-corrected chi connectivity index (χ2v) is 7.44. The number of azo groups is 2. The van der Waals surface area contributed by atoms with Gasteiger partial charge in [-0.05, 0) is 54.1 Å². The van der Waals surface area contributed by atoms with E-state index >= 15 is 0 Å². The first-order chi connectivity index (χ1) is 15.0. The minimum absolute atomic E-state index is 0.370. The van der Waals surface area contributed by atoms with Crippen molar-refractivity contribution in [3.8, 4) is 5.75 Å². The molecule has 0 spiro atoms. The molecule has 0 aliphatic carbocycles. The highest BCUT2D eigenvalue weighted by atomic mass is 35.5. The largest absolute Gasteiger partial charge is 0.502 e. The summed E-state index contributed by atoms with van der Waals surface area (Å²) >= 11 is 5.93. The van der Waals surface area contributed by atoms with Crippen LogP contribution in [0.15, 0.2) is 53.6 Å². The lowest BCUT2D eigenvalue weighted by molar-refractivity contribution is -0.509. The smallest absolute Gasteiger partial charge is 0.494 e. The van der Waals surface area contributed by atoms with Crippen molar-refractivity contribution in [1.29, 1.82) is 0 Å². The summed E-state index contributed by atoms with van der Waals surface area (Å²) in [6.45, 7) is 2.99. The van der Waals surface area contributed by atoms with E-state index in [4.69, 9.17) is 16.3 Å². The molecule has 1 atom stereocenters. The van der Waals surface area contributed by atoms with Crippen LogP contribution in [0.2, 0.25) is 5.02 Å². The number of carbonyl (C=O) groups is 3. The maximum atomic E-state index is 12.6. The fraction of sp³-hybridized carbons (Fsp3) is 0.286. The van der Waals surface area contributed by atoms with E-state index in [1.54, 1.807) is 24.3 Å². The van der Waals surface area contributed by atoms with Crippen molar-refractivity contribution in [1.82, 2.24) is 4.90 Å². The Morgan fingerprint density at radius 1 is 1.19 bits per heavy atom. The second kappa shape index (κ2) is 8.73. The molecule has 2 aliphatic rings. The van der Waals surface area contributed by atoms with Crippen LogP contribution in [0, 0.1) is 0 Å². The third-order valence-electron chi connectivity index (χ3n) is 4.94. The summed E-state index contributed by atoms with van der Waals surface area (Å²) in [6.07, 6.45) is -0.692. The number of anilines is 2. The number of nitrogens with one attached hydrogen (secondary N) is 1. The van der Waals surface area contributed by atoms with Crippen LogP contribution in [0.1, 0.15) is 6.92 Å². The highest BCUT2D eigenvalue weighted by Crippen LogP contribution is 2.28. The van der Waals surface area contributed by atoms with Crippen molar-refractivity contribution >= 4 is 40.7 Å². The molecule has 1 N–H and O–H groups in total. The van der Waals surface area contributed by atoms with Crippen LogP contribution in [-0.4, -0.2) is 59.8 Å². The van der Waals surface area contributed by atoms with Gasteiger partial charge in [0.2, 0.25) is 0 Å². The number of halogens is 1. The first-order valence-electron chi connectivity index (χ1n) is 9.84. The summed E-state index contributed by atoms with van der Waals surface area (Å²) in [5.74, 6) is -1.24. The number of ether oxygens (including phenoxy) is 1. The van der Waals surface area contributed by atoms with Gasteiger partial charge in [-0.1, -0.05) is 17.7 Å². The van der Waals surface area contributed by atoms with Crippen LogP contribution in [0.5, 0.6) is 5.75 Å². The van der Waals surface area contributed by atoms with E-state index < -0.39 is 24.0 Å². The van der Waals surface area contributed by atoms with Crippen molar-refractivity contribution in [3.63, 3.8) is 0 Å². The molecule has 10 heteroatoms. The van der Waals surface area contributed by atoms with Gasteiger partial charge in [0, 0.05) is 34.6 Å². The molecule has 2 aliphatic heterocycles. The Labute approximate surface area is 183 Å². The average molecular weight is 443 g/mol. The second-order valence-electron chi connectivity index (χ2n) is 7.00. The molecular weight excluding hydrogens is 422 g/mol. The van der Waals surface area contributed by atoms with Gasteiger partial charge in [0.15, 0.2) is 0 Å². The van der Waals surface area contributed by atoms with E-state index in [9.17, 15) is 14.4 Å². The van der Waals surface area contributed by atoms with E-state index in [2.05, 4.69) is 10.4 Å². The van der Waals surface area contributed by atoms with Crippen LogP contribution in [0.4, 0.5) is 11.4 Å². The zero-order valence-electron chi connectivity index (χ0n) is 16.8. The first-order valence-corrected chi connectivity index (χ1v) is 10.2. The molecule has 1 fully saturated rings. The number of fused-ring (bicyclic) bond motifs is 1. The van der Waals surface area contributed by atoms with Crippen LogP contribution in [0.3, 0.4) is 0 Å². The minimum Gasteiger partial charge on any atom is -0.494 e. The summed E-state index contributed by atoms with van der Waals surface area (Å²) in [5, 5.41) is 7.52. The standard InChI is InChI=1S/C21H20ClN5O4/c1-2-31-17-8-6-16(7-9-17)25-10-11-26-19(29)20(30)27(24-21(25)26)13-18(28)23-15-5-3-4-14(22)12-15/h3-9,12,21H,2,10-11,13H2,1H3/p+1. The molecule has 3 amide bonds. The Morgan fingerprint density at radius 3 is 2.65 bits per heavy atom. The third-order valence-corrected chi connectivity index (χ3v) is 5.18. The summed E-state index contributed by atoms with van der Waals surface area (Å²) in [7, 11) is 0. The lowest BCUT2D eigenvalue weighted by Crippen LogP contribution is -2.52. The van der Waals surface area contributed by atoms with Crippen LogP contribution >= 0.6 is 11.6 Å². The van der Waals surface area contributed by atoms with E-state index in [1.165, 1.54) is 4.90 Å². The number of hydrogen-bond acceptors (Lipinski definition) is 6. The van der Waals surface area contributed by atoms with Gasteiger partial charge in [-0.3, -0.25) is 14.5 Å². The lowest BCUT2D eigenvalue weighted by atomic mass is 10.3. The molecule has 160 valence electrons. The molecule has 1 saturated heterocycles. The Bertz CT molecular complexity index is 1060. The van der Waals surface area contributed by atoms with E-state index in [0.29, 0.717) is 30.4 Å². The summed E-state index contributed by atoms with van der Waals surface area (Å²) < 4.78 is 6.39. The van der Waals surface area contributed by atoms with Gasteiger partial charge in [0.1, 0.15) is 5.75 Å². The Kier molecular flexibility index (Phi) is 5.85. The number of nitrogens with zero attached hydrogens (tertiary/aromatic N) is 4. The van der Waals surface area contributed by atoms with Gasteiger partial charge >= 0.3 is 11.8 Å². The maximum absolute atomic E-state index is 12.6. The SMILES string of the molecule is CCOc1ccc(N2CCN3C(=O)C(=O)[N+](CC(=O)Nc4cccc(Cl)c4)=NC32)cc1. The molecule has 1 unspecified atom stereocenters. The third kappa shape index (κ3) is 4.36. The number of benzene rings is 2. The van der Waals surface area contributed by atoms with Crippen molar-refractivity contribution in [3.05, 3.63) is 53.6 Å². The average Bonchev–Trinajstić information content (AvgIpc) is 3.16. The quantitative estimate of drug-likeness (QED) is 0.547. The van der Waals surface area contributed by atoms with Crippen molar-refractivity contribution in [2.24, 2.45) is 5.11 Å². The van der Waals surface area contributed by atoms with E-state index in [1.807, 2.05) is 36.1 Å². The fourth-order valence-electron chi connectivity index (χ4n) is 3.53. The van der Waals surface area contributed by atoms with Crippen LogP contribution in [-0.2, 0) is 14.4 Å². The highest BCUT2D eigenvalue weighted by molar-refractivity contribution is 6.32. The van der Waals surface area contributed by atoms with Crippen LogP contribution in [0.25, 0.3) is 0 Å². The monoisotopic (exact) mass is 442 g/mol. The molecule has 9 nitrogen and oxygen atoms in total. The Balaban J connectivity index is 1.53. The molecule has 4 rings (SSSR count). The predicted molar refractivity (Wildman–Crippen MR) is 113 cm³/mol. The molecule has 2 heterocycles. The minimum atomic E-state index is -0.828. The number of amides is 3. The molecule has 2 aromatic carbocycles. The Hall–Kier alpha value is -3.46. The molecule has 0 saturated carbocycles. The van der Waals surface area contributed by atoms with E-state index in [0.717, 1.165) is 16.1 Å². The normalized spacial score (nSPS) is 18.0. The lowest BCUT2D eigenvalue weighted by Gasteiger charge is -2.27. The zero-order chi connectivity index (χ0) is 22.0. The van der Waals surface area contributed by atoms with Gasteiger partial charge in [-0.25, -0.2) is 4.79 Å². The van der Waals surface area contributed by atoms with Crippen LogP contribution < -0.4 is 15.0 Å². The molecule has 2 aromatic rings. The van der Waals surface area contributed by atoms with Gasteiger partial charge in [-0.2, -0.15) is 0 Å². The van der Waals surface area contributed by atoms with Gasteiger partial charge < -0.3 is 15.0 Å². The van der Waals surface area contributed by atoms with Gasteiger partial charge in [0.05, 0.1) is 6.61 Å². The summed E-state index contributed by atoms with van der Waals surface area (Å²) in [5.41, 5.74) is 1.33. The molecule has 0 radical (unpaired) electrons. The topological polar surface area (TPSA) is 94.3 Å². The zero-order valence-corrected chi connectivity index (χ0v) is 17.6. The van der Waals surface area contributed by atoms with Crippen molar-refractivity contribution in [2.75, 3.05) is 36.5 Å². The molecular formula is C21H21ClN5O4+. The summed E-state index contributed by atoms with van der Waals surface area (Å²) in [4.78, 5) is 40.8. The fourth-order valence-corrected chi connectivity index (χ4v) is 3.72.